The van der Waals surface area contributed by atoms with Gasteiger partial charge in [-0.2, -0.15) is 0 Å². The van der Waals surface area contributed by atoms with E-state index >= 15 is 0 Å². The Kier molecular flexibility index (Phi) is 3.97. The molecule has 0 aliphatic carbocycles. The molecule has 5 heteroatoms. The number of H-pyrrole nitrogens is 1. The third-order valence-corrected chi connectivity index (χ3v) is 2.92. The number of aliphatic hydroxyl groups excluding tert-OH is 1. The van der Waals surface area contributed by atoms with E-state index in [9.17, 15) is 9.59 Å². The number of nitrogens with one attached hydrogen (secondary N) is 2. The zero-order chi connectivity index (χ0) is 13.8. The molecule has 0 aliphatic rings. The minimum atomic E-state index is -0.344. The van der Waals surface area contributed by atoms with Crippen molar-refractivity contribution in [1.29, 1.82) is 0 Å². The van der Waals surface area contributed by atoms with Crippen LogP contribution in [0.2, 0.25) is 0 Å². The number of pyridine rings is 1. The molecular weight excluding hydrogens is 244 g/mol. The van der Waals surface area contributed by atoms with Crippen LogP contribution in [0.4, 0.5) is 0 Å². The summed E-state index contributed by atoms with van der Waals surface area (Å²) >= 11 is 0. The molecule has 1 amide bonds. The lowest BCUT2D eigenvalue weighted by atomic mass is 10.2. The molecule has 3 N–H and O–H groups in total. The summed E-state index contributed by atoms with van der Waals surface area (Å²) in [7, 11) is 0. The molecule has 5 nitrogen and oxygen atoms in total. The third kappa shape index (κ3) is 3.00. The van der Waals surface area contributed by atoms with Crippen LogP contribution in [0.5, 0.6) is 0 Å². The summed E-state index contributed by atoms with van der Waals surface area (Å²) in [6.45, 7) is 1.81. The van der Waals surface area contributed by atoms with Gasteiger partial charge in [-0.15, -0.1) is 0 Å². The molecule has 2 aromatic rings. The minimum Gasteiger partial charge on any atom is -0.396 e. The SMILES string of the molecule is CC(CCO)NC(=O)c1cc(=O)c2ccccc2[nH]1. The number of hydrogen-bond acceptors (Lipinski definition) is 3. The van der Waals surface area contributed by atoms with E-state index in [0.29, 0.717) is 17.3 Å². The van der Waals surface area contributed by atoms with Crippen molar-refractivity contribution < 1.29 is 9.90 Å². The number of aliphatic hydroxyl groups is 1. The fourth-order valence-electron chi connectivity index (χ4n) is 1.89. The molecule has 1 unspecified atom stereocenters. The van der Waals surface area contributed by atoms with Crippen molar-refractivity contribution in [2.75, 3.05) is 6.61 Å². The minimum absolute atomic E-state index is 0.00961. The Balaban J connectivity index is 2.30. The summed E-state index contributed by atoms with van der Waals surface area (Å²) in [4.78, 5) is 26.8. The van der Waals surface area contributed by atoms with E-state index < -0.39 is 0 Å². The van der Waals surface area contributed by atoms with Gasteiger partial charge in [0.15, 0.2) is 5.43 Å². The van der Waals surface area contributed by atoms with Crippen LogP contribution in [0.1, 0.15) is 23.8 Å². The Hall–Kier alpha value is -2.14. The highest BCUT2D eigenvalue weighted by Gasteiger charge is 2.11. The van der Waals surface area contributed by atoms with Gasteiger partial charge >= 0.3 is 0 Å². The summed E-state index contributed by atoms with van der Waals surface area (Å²) < 4.78 is 0. The number of aromatic nitrogens is 1. The smallest absolute Gasteiger partial charge is 0.268 e. The highest BCUT2D eigenvalue weighted by Crippen LogP contribution is 2.07. The van der Waals surface area contributed by atoms with E-state index in [1.54, 1.807) is 31.2 Å². The first-order valence-electron chi connectivity index (χ1n) is 6.15. The van der Waals surface area contributed by atoms with Crippen LogP contribution in [-0.2, 0) is 0 Å². The van der Waals surface area contributed by atoms with Crippen LogP contribution in [-0.4, -0.2) is 28.6 Å². The number of aromatic amines is 1. The average molecular weight is 260 g/mol. The Morgan fingerprint density at radius 3 is 2.89 bits per heavy atom. The van der Waals surface area contributed by atoms with E-state index in [-0.39, 0.29) is 29.7 Å². The van der Waals surface area contributed by atoms with Crippen LogP contribution < -0.4 is 10.7 Å². The van der Waals surface area contributed by atoms with Gasteiger partial charge in [0.1, 0.15) is 5.69 Å². The molecule has 1 aromatic heterocycles. The van der Waals surface area contributed by atoms with Crippen molar-refractivity contribution in [3.8, 4) is 0 Å². The van der Waals surface area contributed by atoms with Crippen molar-refractivity contribution in [2.24, 2.45) is 0 Å². The maximum absolute atomic E-state index is 12.0. The molecule has 1 heterocycles. The summed E-state index contributed by atoms with van der Waals surface area (Å²) in [5.41, 5.74) is 0.678. The zero-order valence-electron chi connectivity index (χ0n) is 10.6. The Morgan fingerprint density at radius 2 is 2.16 bits per heavy atom. The Bertz CT molecular complexity index is 648. The van der Waals surface area contributed by atoms with Gasteiger partial charge in [-0.05, 0) is 25.5 Å². The molecule has 0 fully saturated rings. The van der Waals surface area contributed by atoms with Gasteiger partial charge in [0, 0.05) is 29.6 Å². The van der Waals surface area contributed by atoms with Gasteiger partial charge in [0.05, 0.1) is 0 Å². The molecule has 0 bridgehead atoms. The zero-order valence-corrected chi connectivity index (χ0v) is 10.6. The Labute approximate surface area is 110 Å². The molecule has 0 aliphatic heterocycles. The number of carbonyl (C=O) groups excluding carboxylic acids is 1. The summed E-state index contributed by atoms with van der Waals surface area (Å²) in [5.74, 6) is -0.344. The number of carbonyl (C=O) groups is 1. The molecule has 2 rings (SSSR count). The number of amides is 1. The highest BCUT2D eigenvalue weighted by atomic mass is 16.3. The van der Waals surface area contributed by atoms with Crippen molar-refractivity contribution in [3.63, 3.8) is 0 Å². The Morgan fingerprint density at radius 1 is 1.42 bits per heavy atom. The summed E-state index contributed by atoms with van der Waals surface area (Å²) in [6.07, 6.45) is 0.476. The lowest BCUT2D eigenvalue weighted by Gasteiger charge is -2.12. The van der Waals surface area contributed by atoms with Crippen LogP contribution in [0.25, 0.3) is 10.9 Å². The quantitative estimate of drug-likeness (QED) is 0.768. The molecular formula is C14H16N2O3. The first kappa shape index (κ1) is 13.3. The highest BCUT2D eigenvalue weighted by molar-refractivity contribution is 5.94. The standard InChI is InChI=1S/C14H16N2O3/c1-9(6-7-17)15-14(19)12-8-13(18)10-4-2-3-5-11(10)16-12/h2-5,8-9,17H,6-7H2,1H3,(H,15,19)(H,16,18). The number of benzene rings is 1. The lowest BCUT2D eigenvalue weighted by Crippen LogP contribution is -2.34. The number of fused-ring (bicyclic) bond motifs is 1. The van der Waals surface area contributed by atoms with Gasteiger partial charge in [0.25, 0.3) is 5.91 Å². The van der Waals surface area contributed by atoms with E-state index in [1.165, 1.54) is 6.07 Å². The van der Waals surface area contributed by atoms with E-state index in [2.05, 4.69) is 10.3 Å². The average Bonchev–Trinajstić information content (AvgIpc) is 2.39. The summed E-state index contributed by atoms with van der Waals surface area (Å²) in [6, 6.07) is 8.19. The normalized spacial score (nSPS) is 12.3. The van der Waals surface area contributed by atoms with Crippen molar-refractivity contribution in [2.45, 2.75) is 19.4 Å². The molecule has 100 valence electrons. The van der Waals surface area contributed by atoms with Gasteiger partial charge in [-0.25, -0.2) is 0 Å². The molecule has 0 radical (unpaired) electrons. The van der Waals surface area contributed by atoms with Crippen LogP contribution in [0.15, 0.2) is 35.1 Å². The fourth-order valence-corrected chi connectivity index (χ4v) is 1.89. The largest absolute Gasteiger partial charge is 0.396 e. The van der Waals surface area contributed by atoms with E-state index in [1.807, 2.05) is 0 Å². The number of hydrogen-bond donors (Lipinski definition) is 3. The predicted molar refractivity (Wildman–Crippen MR) is 73.2 cm³/mol. The molecule has 1 aromatic carbocycles. The van der Waals surface area contributed by atoms with Crippen LogP contribution in [0.3, 0.4) is 0 Å². The molecule has 0 saturated carbocycles. The van der Waals surface area contributed by atoms with Gasteiger partial charge in [0.2, 0.25) is 0 Å². The van der Waals surface area contributed by atoms with Gasteiger partial charge in [-0.1, -0.05) is 12.1 Å². The van der Waals surface area contributed by atoms with Crippen molar-refractivity contribution in [1.82, 2.24) is 10.3 Å². The molecule has 19 heavy (non-hydrogen) atoms. The van der Waals surface area contributed by atoms with Crippen LogP contribution in [0, 0.1) is 0 Å². The van der Waals surface area contributed by atoms with E-state index in [0.717, 1.165) is 0 Å². The predicted octanol–water partition coefficient (Wildman–Crippen LogP) is 1.03. The fraction of sp³-hybridized carbons (Fsp3) is 0.286. The molecule has 0 spiro atoms. The first-order valence-corrected chi connectivity index (χ1v) is 6.15. The summed E-state index contributed by atoms with van der Waals surface area (Å²) in [5, 5.41) is 12.1. The second kappa shape index (κ2) is 5.67. The maximum Gasteiger partial charge on any atom is 0.268 e. The monoisotopic (exact) mass is 260 g/mol. The number of rotatable bonds is 4. The lowest BCUT2D eigenvalue weighted by molar-refractivity contribution is 0.0929. The molecule has 0 saturated heterocycles. The second-order valence-corrected chi connectivity index (χ2v) is 4.48. The third-order valence-electron chi connectivity index (χ3n) is 2.92. The van der Waals surface area contributed by atoms with Crippen molar-refractivity contribution >= 4 is 16.8 Å². The second-order valence-electron chi connectivity index (χ2n) is 4.48. The van der Waals surface area contributed by atoms with E-state index in [4.69, 9.17) is 5.11 Å². The molecule has 1 atom stereocenters. The maximum atomic E-state index is 12.0. The van der Waals surface area contributed by atoms with Gasteiger partial charge < -0.3 is 15.4 Å². The first-order chi connectivity index (χ1) is 9.11. The van der Waals surface area contributed by atoms with Gasteiger partial charge in [-0.3, -0.25) is 9.59 Å². The van der Waals surface area contributed by atoms with Crippen LogP contribution >= 0.6 is 0 Å². The topological polar surface area (TPSA) is 82.2 Å². The number of para-hydroxylation sites is 1. The van der Waals surface area contributed by atoms with Crippen molar-refractivity contribution in [3.05, 3.63) is 46.2 Å².